The van der Waals surface area contributed by atoms with E-state index in [-0.39, 0.29) is 18.3 Å². The Hall–Kier alpha value is -0.735. The molecule has 0 saturated carbocycles. The van der Waals surface area contributed by atoms with Gasteiger partial charge in [-0.25, -0.2) is 0 Å². The summed E-state index contributed by atoms with van der Waals surface area (Å²) in [6.07, 6.45) is 4.66. The summed E-state index contributed by atoms with van der Waals surface area (Å²) in [4.78, 5) is 0. The van der Waals surface area contributed by atoms with Gasteiger partial charge in [-0.3, -0.25) is 0 Å². The standard InChI is InChI=1S/C14H21BO3/c1-13(2)14(3,4)18-15(17-13)12-9-10-7-5-6-8-11(10)16-12/h9H,5-8H2,1-4H3. The minimum Gasteiger partial charge on any atom is -0.469 e. The Morgan fingerprint density at radius 1 is 1.00 bits per heavy atom. The molecule has 1 aromatic rings. The molecule has 1 saturated heterocycles. The number of fused-ring (bicyclic) bond motifs is 1. The average molecular weight is 248 g/mol. The Kier molecular flexibility index (Phi) is 2.65. The van der Waals surface area contributed by atoms with Crippen LogP contribution in [0.4, 0.5) is 0 Å². The van der Waals surface area contributed by atoms with Gasteiger partial charge >= 0.3 is 7.12 Å². The van der Waals surface area contributed by atoms with Crippen LogP contribution in [0.2, 0.25) is 0 Å². The molecule has 4 heteroatoms. The zero-order valence-corrected chi connectivity index (χ0v) is 11.7. The summed E-state index contributed by atoms with van der Waals surface area (Å²) >= 11 is 0. The van der Waals surface area contributed by atoms with E-state index in [0.29, 0.717) is 0 Å². The Morgan fingerprint density at radius 3 is 2.22 bits per heavy atom. The van der Waals surface area contributed by atoms with Gasteiger partial charge in [-0.05, 0) is 58.6 Å². The zero-order chi connectivity index (χ0) is 13.0. The van der Waals surface area contributed by atoms with Crippen LogP contribution < -0.4 is 5.66 Å². The Balaban J connectivity index is 1.87. The number of hydrogen-bond donors (Lipinski definition) is 0. The van der Waals surface area contributed by atoms with Gasteiger partial charge in [0, 0.05) is 6.42 Å². The number of hydrogen-bond acceptors (Lipinski definition) is 3. The molecular weight excluding hydrogens is 227 g/mol. The molecule has 2 heterocycles. The zero-order valence-electron chi connectivity index (χ0n) is 11.7. The molecule has 1 aliphatic heterocycles. The van der Waals surface area contributed by atoms with E-state index in [1.807, 2.05) is 0 Å². The van der Waals surface area contributed by atoms with Crippen molar-refractivity contribution in [2.24, 2.45) is 0 Å². The van der Waals surface area contributed by atoms with Crippen molar-refractivity contribution in [1.82, 2.24) is 0 Å². The molecule has 1 aliphatic carbocycles. The van der Waals surface area contributed by atoms with Crippen LogP contribution in [-0.4, -0.2) is 18.3 Å². The minimum absolute atomic E-state index is 0.301. The van der Waals surface area contributed by atoms with E-state index >= 15 is 0 Å². The summed E-state index contributed by atoms with van der Waals surface area (Å²) in [5.41, 5.74) is 1.57. The fourth-order valence-electron chi connectivity index (χ4n) is 2.59. The number of furan rings is 1. The highest BCUT2D eigenvalue weighted by Gasteiger charge is 2.53. The van der Waals surface area contributed by atoms with Crippen molar-refractivity contribution in [1.29, 1.82) is 0 Å². The molecule has 98 valence electrons. The van der Waals surface area contributed by atoms with Crippen molar-refractivity contribution in [3.05, 3.63) is 17.4 Å². The summed E-state index contributed by atoms with van der Waals surface area (Å²) in [5.74, 6) is 1.13. The first-order valence-electron chi connectivity index (χ1n) is 6.86. The van der Waals surface area contributed by atoms with Crippen LogP contribution in [0.1, 0.15) is 51.9 Å². The molecule has 0 amide bonds. The maximum absolute atomic E-state index is 6.01. The van der Waals surface area contributed by atoms with Crippen molar-refractivity contribution in [3.63, 3.8) is 0 Å². The Labute approximate surface area is 109 Å². The molecule has 1 aromatic heterocycles. The first-order valence-corrected chi connectivity index (χ1v) is 6.86. The molecule has 0 bridgehead atoms. The smallest absolute Gasteiger partial charge is 0.469 e. The van der Waals surface area contributed by atoms with Gasteiger partial charge in [0.05, 0.1) is 11.2 Å². The quantitative estimate of drug-likeness (QED) is 0.715. The normalized spacial score (nSPS) is 25.2. The van der Waals surface area contributed by atoms with E-state index in [1.165, 1.54) is 18.4 Å². The summed E-state index contributed by atoms with van der Waals surface area (Å²) in [7, 11) is -0.361. The molecule has 1 fully saturated rings. The van der Waals surface area contributed by atoms with E-state index in [4.69, 9.17) is 13.7 Å². The fraction of sp³-hybridized carbons (Fsp3) is 0.714. The van der Waals surface area contributed by atoms with Crippen molar-refractivity contribution in [2.45, 2.75) is 64.6 Å². The summed E-state index contributed by atoms with van der Waals surface area (Å²) in [6.45, 7) is 8.26. The van der Waals surface area contributed by atoms with Crippen LogP contribution >= 0.6 is 0 Å². The second-order valence-corrected chi connectivity index (χ2v) is 6.39. The number of rotatable bonds is 1. The van der Waals surface area contributed by atoms with E-state index in [2.05, 4.69) is 33.8 Å². The lowest BCUT2D eigenvalue weighted by molar-refractivity contribution is 0.00578. The Bertz CT molecular complexity index is 422. The first-order chi connectivity index (χ1) is 8.39. The van der Waals surface area contributed by atoms with Crippen molar-refractivity contribution >= 4 is 12.8 Å². The lowest BCUT2D eigenvalue weighted by Gasteiger charge is -2.32. The number of aryl methyl sites for hydroxylation is 2. The molecule has 0 N–H and O–H groups in total. The molecular formula is C14H21BO3. The first kappa shape index (κ1) is 12.3. The lowest BCUT2D eigenvalue weighted by atomic mass is 9.85. The third-order valence-electron chi connectivity index (χ3n) is 4.50. The average Bonchev–Trinajstić information content (AvgIpc) is 2.78. The van der Waals surface area contributed by atoms with Crippen molar-refractivity contribution in [2.75, 3.05) is 0 Å². The molecule has 18 heavy (non-hydrogen) atoms. The minimum atomic E-state index is -0.361. The van der Waals surface area contributed by atoms with Crippen LogP contribution in [0.5, 0.6) is 0 Å². The SMILES string of the molecule is CC1(C)OB(c2cc3c(o2)CCCC3)OC1(C)C. The molecule has 0 aromatic carbocycles. The van der Waals surface area contributed by atoms with Gasteiger partial charge in [-0.15, -0.1) is 0 Å². The van der Waals surface area contributed by atoms with Gasteiger partial charge < -0.3 is 13.7 Å². The monoisotopic (exact) mass is 248 g/mol. The largest absolute Gasteiger partial charge is 0.532 e. The van der Waals surface area contributed by atoms with Gasteiger partial charge in [0.25, 0.3) is 0 Å². The van der Waals surface area contributed by atoms with Gasteiger partial charge in [0.1, 0.15) is 11.4 Å². The molecule has 0 radical (unpaired) electrons. The molecule has 0 unspecified atom stereocenters. The van der Waals surface area contributed by atoms with Gasteiger partial charge in [0.2, 0.25) is 0 Å². The highest BCUT2D eigenvalue weighted by molar-refractivity contribution is 6.60. The third-order valence-corrected chi connectivity index (χ3v) is 4.50. The molecule has 0 atom stereocenters. The van der Waals surface area contributed by atoms with E-state index in [0.717, 1.165) is 24.3 Å². The summed E-state index contributed by atoms with van der Waals surface area (Å²) < 4.78 is 18.0. The highest BCUT2D eigenvalue weighted by Crippen LogP contribution is 2.37. The second-order valence-electron chi connectivity index (χ2n) is 6.39. The molecule has 3 nitrogen and oxygen atoms in total. The van der Waals surface area contributed by atoms with Crippen molar-refractivity contribution < 1.29 is 13.7 Å². The van der Waals surface area contributed by atoms with Crippen LogP contribution in [-0.2, 0) is 22.2 Å². The van der Waals surface area contributed by atoms with Crippen LogP contribution in [0.15, 0.2) is 10.5 Å². The van der Waals surface area contributed by atoms with Gasteiger partial charge in [0.15, 0.2) is 0 Å². The maximum Gasteiger partial charge on any atom is 0.532 e. The van der Waals surface area contributed by atoms with Crippen LogP contribution in [0.3, 0.4) is 0 Å². The lowest BCUT2D eigenvalue weighted by Crippen LogP contribution is -2.41. The topological polar surface area (TPSA) is 31.6 Å². The Morgan fingerprint density at radius 2 is 1.61 bits per heavy atom. The maximum atomic E-state index is 6.01. The fourth-order valence-corrected chi connectivity index (χ4v) is 2.59. The third kappa shape index (κ3) is 1.82. The van der Waals surface area contributed by atoms with Crippen LogP contribution in [0.25, 0.3) is 0 Å². The molecule has 0 spiro atoms. The van der Waals surface area contributed by atoms with Gasteiger partial charge in [-0.1, -0.05) is 0 Å². The van der Waals surface area contributed by atoms with Crippen molar-refractivity contribution in [3.8, 4) is 0 Å². The molecule has 3 rings (SSSR count). The predicted molar refractivity (Wildman–Crippen MR) is 71.1 cm³/mol. The van der Waals surface area contributed by atoms with E-state index in [9.17, 15) is 0 Å². The van der Waals surface area contributed by atoms with Gasteiger partial charge in [-0.2, -0.15) is 0 Å². The highest BCUT2D eigenvalue weighted by atomic mass is 16.7. The summed E-state index contributed by atoms with van der Waals surface area (Å²) in [5, 5.41) is 0. The molecule has 2 aliphatic rings. The second kappa shape index (κ2) is 3.88. The summed E-state index contributed by atoms with van der Waals surface area (Å²) in [6, 6.07) is 2.12. The van der Waals surface area contributed by atoms with E-state index < -0.39 is 0 Å². The van der Waals surface area contributed by atoms with E-state index in [1.54, 1.807) is 0 Å². The van der Waals surface area contributed by atoms with Crippen LogP contribution in [0, 0.1) is 0 Å². The predicted octanol–water partition coefficient (Wildman–Crippen LogP) is 2.46.